The zero-order valence-corrected chi connectivity index (χ0v) is 12.8. The van der Waals surface area contributed by atoms with Crippen LogP contribution in [0.2, 0.25) is 0 Å². The van der Waals surface area contributed by atoms with Crippen LogP contribution in [0.4, 0.5) is 0 Å². The number of nitrogens with zero attached hydrogens (tertiary/aromatic N) is 1. The minimum atomic E-state index is 0.754. The first-order chi connectivity index (χ1) is 8.63. The maximum atomic E-state index is 3.66. The summed E-state index contributed by atoms with van der Waals surface area (Å²) in [5.41, 5.74) is 0. The molecule has 1 heterocycles. The molecule has 0 amide bonds. The highest BCUT2D eigenvalue weighted by molar-refractivity contribution is 4.73. The van der Waals surface area contributed by atoms with Crippen LogP contribution in [0.1, 0.15) is 33.1 Å². The predicted octanol–water partition coefficient (Wildman–Crippen LogP) is 1.80. The molecule has 108 valence electrons. The Morgan fingerprint density at radius 2 is 2.06 bits per heavy atom. The Balaban J connectivity index is 2.09. The summed E-state index contributed by atoms with van der Waals surface area (Å²) in [5.74, 6) is 2.42. The highest BCUT2D eigenvalue weighted by Crippen LogP contribution is 2.17. The lowest BCUT2D eigenvalue weighted by Gasteiger charge is -2.30. The molecule has 0 aliphatic carbocycles. The Morgan fingerprint density at radius 3 is 2.67 bits per heavy atom. The van der Waals surface area contributed by atoms with E-state index in [0.717, 1.165) is 30.8 Å². The van der Waals surface area contributed by atoms with Crippen molar-refractivity contribution in [3.8, 4) is 0 Å². The van der Waals surface area contributed by atoms with Crippen LogP contribution in [-0.4, -0.2) is 51.7 Å². The first-order valence-electron chi connectivity index (χ1n) is 7.67. The number of hydrogen-bond donors (Lipinski definition) is 2. The topological polar surface area (TPSA) is 27.3 Å². The molecule has 1 rings (SSSR count). The molecular weight excluding hydrogens is 222 g/mol. The smallest absolute Gasteiger partial charge is 0.000709 e. The number of likely N-dealkylation sites (tertiary alicyclic amines) is 1. The first kappa shape index (κ1) is 15.9. The van der Waals surface area contributed by atoms with Gasteiger partial charge in [0.2, 0.25) is 0 Å². The lowest BCUT2D eigenvalue weighted by atomic mass is 9.94. The van der Waals surface area contributed by atoms with Gasteiger partial charge >= 0.3 is 0 Å². The Hall–Kier alpha value is -0.120. The van der Waals surface area contributed by atoms with E-state index in [1.165, 1.54) is 38.9 Å². The minimum Gasteiger partial charge on any atom is -0.319 e. The standard InChI is InChI=1S/C15H33N3/c1-13(2)15(10-16-3)11-17-8-7-14-6-5-9-18(4)12-14/h13-17H,5-12H2,1-4H3. The maximum Gasteiger partial charge on any atom is 0.000709 e. The number of hydrogen-bond acceptors (Lipinski definition) is 3. The van der Waals surface area contributed by atoms with Crippen molar-refractivity contribution in [3.63, 3.8) is 0 Å². The fraction of sp³-hybridized carbons (Fsp3) is 1.00. The normalized spacial score (nSPS) is 23.5. The van der Waals surface area contributed by atoms with Gasteiger partial charge in [-0.05, 0) is 77.3 Å². The van der Waals surface area contributed by atoms with Gasteiger partial charge in [0, 0.05) is 6.54 Å². The second kappa shape index (κ2) is 8.89. The molecule has 0 aromatic rings. The van der Waals surface area contributed by atoms with Crippen molar-refractivity contribution in [2.45, 2.75) is 33.1 Å². The highest BCUT2D eigenvalue weighted by Gasteiger charge is 2.17. The summed E-state index contributed by atoms with van der Waals surface area (Å²) < 4.78 is 0. The van der Waals surface area contributed by atoms with Gasteiger partial charge in [-0.3, -0.25) is 0 Å². The second-order valence-corrected chi connectivity index (χ2v) is 6.33. The Labute approximate surface area is 114 Å². The molecule has 18 heavy (non-hydrogen) atoms. The molecule has 2 unspecified atom stereocenters. The molecule has 1 saturated heterocycles. The van der Waals surface area contributed by atoms with E-state index in [1.807, 2.05) is 7.05 Å². The van der Waals surface area contributed by atoms with Crippen molar-refractivity contribution in [2.24, 2.45) is 17.8 Å². The van der Waals surface area contributed by atoms with Crippen molar-refractivity contribution in [2.75, 3.05) is 46.8 Å². The molecule has 3 heteroatoms. The van der Waals surface area contributed by atoms with Crippen molar-refractivity contribution in [1.82, 2.24) is 15.5 Å². The SMILES string of the molecule is CNCC(CNCCC1CCCN(C)C1)C(C)C. The molecule has 0 saturated carbocycles. The monoisotopic (exact) mass is 255 g/mol. The van der Waals surface area contributed by atoms with E-state index in [-0.39, 0.29) is 0 Å². The Morgan fingerprint density at radius 1 is 1.28 bits per heavy atom. The van der Waals surface area contributed by atoms with Gasteiger partial charge in [-0.15, -0.1) is 0 Å². The fourth-order valence-corrected chi connectivity index (χ4v) is 2.91. The molecule has 1 aliphatic rings. The zero-order valence-electron chi connectivity index (χ0n) is 12.8. The van der Waals surface area contributed by atoms with Crippen LogP contribution in [0, 0.1) is 17.8 Å². The minimum absolute atomic E-state index is 0.754. The molecule has 2 atom stereocenters. The van der Waals surface area contributed by atoms with E-state index in [2.05, 4.69) is 36.4 Å². The zero-order chi connectivity index (χ0) is 13.4. The third-order valence-corrected chi connectivity index (χ3v) is 4.27. The third-order valence-electron chi connectivity index (χ3n) is 4.27. The maximum absolute atomic E-state index is 3.66. The van der Waals surface area contributed by atoms with Crippen LogP contribution >= 0.6 is 0 Å². The van der Waals surface area contributed by atoms with Crippen LogP contribution in [0.15, 0.2) is 0 Å². The van der Waals surface area contributed by atoms with Crippen LogP contribution in [0.3, 0.4) is 0 Å². The van der Waals surface area contributed by atoms with Crippen LogP contribution < -0.4 is 10.6 Å². The molecular formula is C15H33N3. The largest absolute Gasteiger partial charge is 0.319 e. The van der Waals surface area contributed by atoms with Gasteiger partial charge in [0.25, 0.3) is 0 Å². The van der Waals surface area contributed by atoms with E-state index in [0.29, 0.717) is 0 Å². The van der Waals surface area contributed by atoms with Gasteiger partial charge in [-0.1, -0.05) is 13.8 Å². The lowest BCUT2D eigenvalue weighted by Crippen LogP contribution is -2.36. The summed E-state index contributed by atoms with van der Waals surface area (Å²) in [7, 11) is 4.30. The van der Waals surface area contributed by atoms with Gasteiger partial charge in [0.05, 0.1) is 0 Å². The molecule has 0 aromatic heterocycles. The molecule has 1 aliphatic heterocycles. The number of rotatable bonds is 8. The lowest BCUT2D eigenvalue weighted by molar-refractivity contribution is 0.200. The van der Waals surface area contributed by atoms with Crippen LogP contribution in [-0.2, 0) is 0 Å². The van der Waals surface area contributed by atoms with E-state index in [9.17, 15) is 0 Å². The molecule has 0 spiro atoms. The van der Waals surface area contributed by atoms with Crippen molar-refractivity contribution in [3.05, 3.63) is 0 Å². The third kappa shape index (κ3) is 6.17. The molecule has 0 bridgehead atoms. The van der Waals surface area contributed by atoms with Crippen molar-refractivity contribution in [1.29, 1.82) is 0 Å². The van der Waals surface area contributed by atoms with Crippen LogP contribution in [0.5, 0.6) is 0 Å². The summed E-state index contributed by atoms with van der Waals surface area (Å²) >= 11 is 0. The van der Waals surface area contributed by atoms with Gasteiger partial charge in [-0.2, -0.15) is 0 Å². The van der Waals surface area contributed by atoms with Crippen molar-refractivity contribution >= 4 is 0 Å². The Bertz CT molecular complexity index is 206. The average Bonchev–Trinajstić information content (AvgIpc) is 2.33. The summed E-state index contributed by atoms with van der Waals surface area (Å²) in [6, 6.07) is 0. The molecule has 1 fully saturated rings. The summed E-state index contributed by atoms with van der Waals surface area (Å²) in [5, 5.41) is 6.95. The second-order valence-electron chi connectivity index (χ2n) is 6.33. The molecule has 3 nitrogen and oxygen atoms in total. The van der Waals surface area contributed by atoms with E-state index < -0.39 is 0 Å². The Kier molecular flexibility index (Phi) is 7.87. The predicted molar refractivity (Wildman–Crippen MR) is 80.0 cm³/mol. The van der Waals surface area contributed by atoms with Gasteiger partial charge < -0.3 is 15.5 Å². The van der Waals surface area contributed by atoms with Gasteiger partial charge in [-0.25, -0.2) is 0 Å². The summed E-state index contributed by atoms with van der Waals surface area (Å²) in [6.07, 6.45) is 4.15. The summed E-state index contributed by atoms with van der Waals surface area (Å²) in [4.78, 5) is 2.48. The number of piperidine rings is 1. The van der Waals surface area contributed by atoms with Gasteiger partial charge in [0.15, 0.2) is 0 Å². The van der Waals surface area contributed by atoms with E-state index >= 15 is 0 Å². The van der Waals surface area contributed by atoms with Gasteiger partial charge in [0.1, 0.15) is 0 Å². The first-order valence-corrected chi connectivity index (χ1v) is 7.67. The molecule has 2 N–H and O–H groups in total. The van der Waals surface area contributed by atoms with Crippen LogP contribution in [0.25, 0.3) is 0 Å². The van der Waals surface area contributed by atoms with E-state index in [4.69, 9.17) is 0 Å². The van der Waals surface area contributed by atoms with Crippen molar-refractivity contribution < 1.29 is 0 Å². The van der Waals surface area contributed by atoms with E-state index in [1.54, 1.807) is 0 Å². The number of nitrogens with one attached hydrogen (secondary N) is 2. The fourth-order valence-electron chi connectivity index (χ4n) is 2.91. The highest BCUT2D eigenvalue weighted by atomic mass is 15.1. The summed E-state index contributed by atoms with van der Waals surface area (Å²) in [6.45, 7) is 10.7. The molecule has 0 aromatic carbocycles. The average molecular weight is 255 g/mol. The quantitative estimate of drug-likeness (QED) is 0.648. The molecule has 0 radical (unpaired) electrons.